The van der Waals surface area contributed by atoms with Crippen LogP contribution in [0.5, 0.6) is 0 Å². The number of allylic oxidation sites excluding steroid dienone is 3. The number of hydrogen-bond acceptors (Lipinski definition) is 7. The van der Waals surface area contributed by atoms with Crippen molar-refractivity contribution in [3.05, 3.63) is 24.3 Å². The minimum Gasteiger partial charge on any atom is -0.391 e. The Morgan fingerprint density at radius 3 is 1.71 bits per heavy atom. The van der Waals surface area contributed by atoms with Gasteiger partial charge in [-0.2, -0.15) is 0 Å². The maximum Gasteiger partial charge on any atom is 0.472 e. The second-order valence-electron chi connectivity index (χ2n) is 13.7. The van der Waals surface area contributed by atoms with Crippen molar-refractivity contribution in [2.45, 2.75) is 199 Å². The lowest BCUT2D eigenvalue weighted by Gasteiger charge is -2.25. The second-order valence-corrected chi connectivity index (χ2v) is 15.1. The predicted molar refractivity (Wildman–Crippen MR) is 204 cm³/mol. The number of nitrogens with two attached hydrogens (primary N) is 1. The van der Waals surface area contributed by atoms with Crippen LogP contribution in [0.4, 0.5) is 0 Å². The van der Waals surface area contributed by atoms with E-state index in [-0.39, 0.29) is 19.6 Å². The number of carbonyl (C=O) groups is 1. The zero-order chi connectivity index (χ0) is 36.3. The highest BCUT2D eigenvalue weighted by atomic mass is 31.2. The Morgan fingerprint density at radius 1 is 0.714 bits per heavy atom. The lowest BCUT2D eigenvalue weighted by molar-refractivity contribution is -0.124. The fraction of sp³-hybridized carbons (Fsp3) is 0.872. The number of nitrogens with one attached hydrogen (secondary N) is 1. The molecule has 49 heavy (non-hydrogen) atoms. The van der Waals surface area contributed by atoms with Gasteiger partial charge in [0, 0.05) is 6.54 Å². The standard InChI is InChI=1S/C39H77N2O7P/c1-3-5-7-9-11-13-15-16-17-18-19-21-23-25-27-29-31-38(43)37(35-48-49(45,46)47-33-32-40)41-39(44)34-36(42)30-28-26-24-22-20-14-12-10-8-6-4-2/h22,24,28,30,36-38,42-43H,3-21,23,25-27,29,31-35,40H2,1-2H3,(H,41,44)(H,45,46)/b24-22-,30-28-. The molecule has 4 unspecified atom stereocenters. The Bertz CT molecular complexity index is 842. The third-order valence-electron chi connectivity index (χ3n) is 8.87. The number of phosphoric ester groups is 1. The summed E-state index contributed by atoms with van der Waals surface area (Å²) in [6.07, 6.45) is 35.3. The maximum absolute atomic E-state index is 12.7. The first-order chi connectivity index (χ1) is 23.8. The molecule has 0 aromatic rings. The van der Waals surface area contributed by atoms with Crippen molar-refractivity contribution in [2.24, 2.45) is 5.73 Å². The molecule has 1 amide bonds. The van der Waals surface area contributed by atoms with Crippen molar-refractivity contribution in [1.82, 2.24) is 5.32 Å². The molecule has 0 saturated carbocycles. The van der Waals surface area contributed by atoms with Gasteiger partial charge in [-0.1, -0.05) is 173 Å². The number of phosphoric acid groups is 1. The monoisotopic (exact) mass is 717 g/mol. The summed E-state index contributed by atoms with van der Waals surface area (Å²) in [4.78, 5) is 22.6. The molecule has 0 aromatic heterocycles. The van der Waals surface area contributed by atoms with Crippen molar-refractivity contribution >= 4 is 13.7 Å². The fourth-order valence-electron chi connectivity index (χ4n) is 5.83. The lowest BCUT2D eigenvalue weighted by Crippen LogP contribution is -2.47. The highest BCUT2D eigenvalue weighted by Gasteiger charge is 2.28. The Morgan fingerprint density at radius 2 is 1.20 bits per heavy atom. The molecule has 0 bridgehead atoms. The summed E-state index contributed by atoms with van der Waals surface area (Å²) >= 11 is 0. The first-order valence-electron chi connectivity index (χ1n) is 20.0. The Hall–Kier alpha value is -1.06. The van der Waals surface area contributed by atoms with Crippen molar-refractivity contribution in [3.8, 4) is 0 Å². The van der Waals surface area contributed by atoms with E-state index in [1.807, 2.05) is 6.08 Å². The minimum absolute atomic E-state index is 0.0519. The van der Waals surface area contributed by atoms with Crippen molar-refractivity contribution in [2.75, 3.05) is 19.8 Å². The Labute approximate surface area is 300 Å². The van der Waals surface area contributed by atoms with Crippen LogP contribution >= 0.6 is 7.82 Å². The number of hydrogen-bond donors (Lipinski definition) is 5. The van der Waals surface area contributed by atoms with Crippen LogP contribution in [0, 0.1) is 0 Å². The zero-order valence-corrected chi connectivity index (χ0v) is 32.4. The van der Waals surface area contributed by atoms with Crippen LogP contribution < -0.4 is 11.1 Å². The topological polar surface area (TPSA) is 151 Å². The molecular formula is C39H77N2O7P. The van der Waals surface area contributed by atoms with Crippen LogP contribution in [0.2, 0.25) is 0 Å². The Kier molecular flexibility index (Phi) is 34.6. The van der Waals surface area contributed by atoms with E-state index in [1.165, 1.54) is 122 Å². The summed E-state index contributed by atoms with van der Waals surface area (Å²) < 4.78 is 22.0. The average Bonchev–Trinajstić information content (AvgIpc) is 3.07. The SMILES string of the molecule is CCCCCCCC/C=C\C/C=C\C(O)CC(=O)NC(COP(=O)(O)OCCN)C(O)CCCCCCCCCCCCCCCCCC. The van der Waals surface area contributed by atoms with Crippen LogP contribution in [0.1, 0.15) is 181 Å². The second kappa shape index (κ2) is 35.3. The average molecular weight is 717 g/mol. The first-order valence-corrected chi connectivity index (χ1v) is 21.5. The molecule has 10 heteroatoms. The van der Waals surface area contributed by atoms with E-state index in [1.54, 1.807) is 6.08 Å². The van der Waals surface area contributed by atoms with Gasteiger partial charge in [-0.15, -0.1) is 0 Å². The highest BCUT2D eigenvalue weighted by Crippen LogP contribution is 2.43. The molecule has 0 heterocycles. The number of aliphatic hydroxyl groups is 2. The quantitative estimate of drug-likeness (QED) is 0.0242. The number of amides is 1. The molecule has 0 spiro atoms. The molecule has 0 rings (SSSR count). The lowest BCUT2D eigenvalue weighted by atomic mass is 10.0. The number of unbranched alkanes of at least 4 members (excludes halogenated alkanes) is 21. The maximum atomic E-state index is 12.7. The predicted octanol–water partition coefficient (Wildman–Crippen LogP) is 9.58. The van der Waals surface area contributed by atoms with Gasteiger partial charge in [0.05, 0.1) is 37.9 Å². The van der Waals surface area contributed by atoms with E-state index < -0.39 is 38.6 Å². The first kappa shape index (κ1) is 47.9. The van der Waals surface area contributed by atoms with E-state index in [9.17, 15) is 24.5 Å². The molecular weight excluding hydrogens is 639 g/mol. The fourth-order valence-corrected chi connectivity index (χ4v) is 6.59. The molecule has 9 nitrogen and oxygen atoms in total. The zero-order valence-electron chi connectivity index (χ0n) is 31.5. The van der Waals surface area contributed by atoms with Gasteiger partial charge in [-0.25, -0.2) is 4.57 Å². The van der Waals surface area contributed by atoms with Gasteiger partial charge >= 0.3 is 7.82 Å². The van der Waals surface area contributed by atoms with E-state index >= 15 is 0 Å². The molecule has 0 aliphatic carbocycles. The van der Waals surface area contributed by atoms with Crippen molar-refractivity contribution in [3.63, 3.8) is 0 Å². The van der Waals surface area contributed by atoms with Gasteiger partial charge < -0.3 is 26.2 Å². The van der Waals surface area contributed by atoms with Crippen LogP contribution in [0.15, 0.2) is 24.3 Å². The van der Waals surface area contributed by atoms with E-state index in [4.69, 9.17) is 14.8 Å². The van der Waals surface area contributed by atoms with Gasteiger partial charge in [-0.05, 0) is 25.7 Å². The summed E-state index contributed by atoms with van der Waals surface area (Å²) in [6, 6.07) is -0.924. The van der Waals surface area contributed by atoms with Crippen LogP contribution in [-0.2, 0) is 18.4 Å². The van der Waals surface area contributed by atoms with Gasteiger partial charge in [0.25, 0.3) is 0 Å². The van der Waals surface area contributed by atoms with Crippen molar-refractivity contribution < 1.29 is 33.5 Å². The largest absolute Gasteiger partial charge is 0.472 e. The highest BCUT2D eigenvalue weighted by molar-refractivity contribution is 7.47. The molecule has 0 aliphatic rings. The molecule has 290 valence electrons. The third kappa shape index (κ3) is 33.8. The third-order valence-corrected chi connectivity index (χ3v) is 9.85. The van der Waals surface area contributed by atoms with E-state index in [0.717, 1.165) is 25.7 Å². The minimum atomic E-state index is -4.38. The summed E-state index contributed by atoms with van der Waals surface area (Å²) in [5.41, 5.74) is 5.35. The summed E-state index contributed by atoms with van der Waals surface area (Å²) in [5.74, 6) is -0.481. The molecule has 0 radical (unpaired) electrons. The summed E-state index contributed by atoms with van der Waals surface area (Å²) in [5, 5.41) is 23.9. The van der Waals surface area contributed by atoms with Gasteiger partial charge in [0.15, 0.2) is 0 Å². The van der Waals surface area contributed by atoms with Gasteiger partial charge in [0.2, 0.25) is 5.91 Å². The molecule has 4 atom stereocenters. The van der Waals surface area contributed by atoms with Gasteiger partial charge in [0.1, 0.15) is 0 Å². The molecule has 0 aromatic carbocycles. The molecule has 0 fully saturated rings. The normalized spacial score (nSPS) is 15.1. The molecule has 0 saturated heterocycles. The van der Waals surface area contributed by atoms with Crippen LogP contribution in [-0.4, -0.2) is 59.0 Å². The Balaban J connectivity index is 4.41. The number of rotatable bonds is 37. The smallest absolute Gasteiger partial charge is 0.391 e. The van der Waals surface area contributed by atoms with Crippen molar-refractivity contribution in [1.29, 1.82) is 0 Å². The molecule has 0 aliphatic heterocycles. The van der Waals surface area contributed by atoms with Crippen LogP contribution in [0.25, 0.3) is 0 Å². The van der Waals surface area contributed by atoms with Crippen LogP contribution in [0.3, 0.4) is 0 Å². The number of carbonyl (C=O) groups excluding carboxylic acids is 1. The van der Waals surface area contributed by atoms with E-state index in [2.05, 4.69) is 31.3 Å². The molecule has 6 N–H and O–H groups in total. The number of aliphatic hydroxyl groups excluding tert-OH is 2. The van der Waals surface area contributed by atoms with Gasteiger partial charge in [-0.3, -0.25) is 13.8 Å². The van der Waals surface area contributed by atoms with E-state index in [0.29, 0.717) is 12.8 Å². The summed E-state index contributed by atoms with van der Waals surface area (Å²) in [6.45, 7) is 3.98. The summed E-state index contributed by atoms with van der Waals surface area (Å²) in [7, 11) is -4.38.